The summed E-state index contributed by atoms with van der Waals surface area (Å²) >= 11 is 9.50. The molecule has 0 radical (unpaired) electrons. The van der Waals surface area contributed by atoms with Gasteiger partial charge < -0.3 is 9.88 Å². The topological polar surface area (TPSA) is 34.0 Å². The summed E-state index contributed by atoms with van der Waals surface area (Å²) in [6.07, 6.45) is 1.88. The van der Waals surface area contributed by atoms with Crippen molar-refractivity contribution in [1.29, 1.82) is 0 Å². The van der Waals surface area contributed by atoms with E-state index in [0.29, 0.717) is 16.4 Å². The maximum atomic E-state index is 12.2. The van der Waals surface area contributed by atoms with Crippen molar-refractivity contribution in [1.82, 2.24) is 4.57 Å². The predicted molar refractivity (Wildman–Crippen MR) is 81.9 cm³/mol. The molecule has 1 heterocycles. The normalized spacial score (nSPS) is 10.5. The first-order chi connectivity index (χ1) is 9.02. The number of hydrogen-bond donors (Lipinski definition) is 1. The first-order valence-corrected chi connectivity index (χ1v) is 7.12. The molecule has 0 aliphatic carbocycles. The third kappa shape index (κ3) is 3.01. The largest absolute Gasteiger partial charge is 0.344 e. The molecule has 1 N–H and O–H groups in total. The summed E-state index contributed by atoms with van der Waals surface area (Å²) in [6, 6.07) is 7.28. The van der Waals surface area contributed by atoms with E-state index in [9.17, 15) is 4.79 Å². The number of benzene rings is 1. The van der Waals surface area contributed by atoms with Crippen LogP contribution in [0.25, 0.3) is 0 Å². The standard InChI is InChI=1S/C14H14BrClN2O/c1-3-18-6-4-5-13(18)14(19)17-12-8-11(16)9(2)7-10(12)15/h4-8H,3H2,1-2H3,(H,17,19). The SMILES string of the molecule is CCn1cccc1C(=O)Nc1cc(Cl)c(C)cc1Br. The van der Waals surface area contributed by atoms with Crippen molar-refractivity contribution in [2.45, 2.75) is 20.4 Å². The molecular formula is C14H14BrClN2O. The molecule has 0 atom stereocenters. The van der Waals surface area contributed by atoms with Crippen LogP contribution in [-0.4, -0.2) is 10.5 Å². The number of aromatic nitrogens is 1. The van der Waals surface area contributed by atoms with Crippen LogP contribution in [0.3, 0.4) is 0 Å². The minimum atomic E-state index is -0.146. The Kier molecular flexibility index (Phi) is 4.32. The van der Waals surface area contributed by atoms with E-state index >= 15 is 0 Å². The second-order valence-corrected chi connectivity index (χ2v) is 5.48. The quantitative estimate of drug-likeness (QED) is 0.877. The van der Waals surface area contributed by atoms with Crippen molar-refractivity contribution in [3.8, 4) is 0 Å². The zero-order valence-electron chi connectivity index (χ0n) is 10.7. The highest BCUT2D eigenvalue weighted by Gasteiger charge is 2.12. The Morgan fingerprint density at radius 3 is 2.89 bits per heavy atom. The van der Waals surface area contributed by atoms with Crippen molar-refractivity contribution in [3.05, 3.63) is 51.2 Å². The summed E-state index contributed by atoms with van der Waals surface area (Å²) < 4.78 is 2.70. The Morgan fingerprint density at radius 2 is 2.21 bits per heavy atom. The zero-order valence-corrected chi connectivity index (χ0v) is 13.0. The van der Waals surface area contributed by atoms with E-state index in [4.69, 9.17) is 11.6 Å². The van der Waals surface area contributed by atoms with Crippen LogP contribution in [0.5, 0.6) is 0 Å². The summed E-state index contributed by atoms with van der Waals surface area (Å²) in [5, 5.41) is 3.49. The average molecular weight is 342 g/mol. The van der Waals surface area contributed by atoms with Gasteiger partial charge in [0.05, 0.1) is 5.69 Å². The molecule has 1 amide bonds. The van der Waals surface area contributed by atoms with Gasteiger partial charge in [0.25, 0.3) is 5.91 Å². The molecule has 2 rings (SSSR count). The van der Waals surface area contributed by atoms with Gasteiger partial charge in [-0.25, -0.2) is 0 Å². The number of amides is 1. The first kappa shape index (κ1) is 14.2. The van der Waals surface area contributed by atoms with Gasteiger partial charge in [-0.15, -0.1) is 0 Å². The molecule has 0 spiro atoms. The molecule has 0 bridgehead atoms. The van der Waals surface area contributed by atoms with Crippen LogP contribution in [0.4, 0.5) is 5.69 Å². The highest BCUT2D eigenvalue weighted by molar-refractivity contribution is 9.10. The molecule has 0 unspecified atom stereocenters. The fourth-order valence-corrected chi connectivity index (χ4v) is 2.55. The van der Waals surface area contributed by atoms with Crippen molar-refractivity contribution < 1.29 is 4.79 Å². The van der Waals surface area contributed by atoms with Gasteiger partial charge in [-0.2, -0.15) is 0 Å². The monoisotopic (exact) mass is 340 g/mol. The van der Waals surface area contributed by atoms with Crippen LogP contribution in [0.15, 0.2) is 34.9 Å². The van der Waals surface area contributed by atoms with Crippen molar-refractivity contribution in [2.75, 3.05) is 5.32 Å². The maximum Gasteiger partial charge on any atom is 0.272 e. The number of rotatable bonds is 3. The lowest BCUT2D eigenvalue weighted by Gasteiger charge is -2.11. The Morgan fingerprint density at radius 1 is 1.47 bits per heavy atom. The maximum absolute atomic E-state index is 12.2. The van der Waals surface area contributed by atoms with Crippen LogP contribution in [0.2, 0.25) is 5.02 Å². The highest BCUT2D eigenvalue weighted by atomic mass is 79.9. The molecule has 0 fully saturated rings. The van der Waals surface area contributed by atoms with Crippen LogP contribution in [0, 0.1) is 6.92 Å². The molecule has 3 nitrogen and oxygen atoms in total. The number of carbonyl (C=O) groups is 1. The van der Waals surface area contributed by atoms with Crippen molar-refractivity contribution >= 4 is 39.1 Å². The van der Waals surface area contributed by atoms with Gasteiger partial charge in [0.15, 0.2) is 0 Å². The number of halogens is 2. The average Bonchev–Trinajstić information content (AvgIpc) is 2.84. The minimum Gasteiger partial charge on any atom is -0.344 e. The van der Waals surface area contributed by atoms with Crippen LogP contribution >= 0.6 is 27.5 Å². The Hall–Kier alpha value is -1.26. The molecule has 2 aromatic rings. The molecule has 1 aromatic carbocycles. The fraction of sp³-hybridized carbons (Fsp3) is 0.214. The van der Waals surface area contributed by atoms with E-state index in [1.807, 2.05) is 36.7 Å². The van der Waals surface area contributed by atoms with E-state index in [0.717, 1.165) is 16.6 Å². The molecule has 0 aliphatic rings. The second-order valence-electron chi connectivity index (χ2n) is 4.21. The molecule has 100 valence electrons. The second kappa shape index (κ2) is 5.80. The van der Waals surface area contributed by atoms with Gasteiger partial charge in [0.1, 0.15) is 5.69 Å². The van der Waals surface area contributed by atoms with E-state index in [1.54, 1.807) is 12.1 Å². The summed E-state index contributed by atoms with van der Waals surface area (Å²) in [7, 11) is 0. The number of carbonyl (C=O) groups excluding carboxylic acids is 1. The molecule has 5 heteroatoms. The first-order valence-electron chi connectivity index (χ1n) is 5.95. The lowest BCUT2D eigenvalue weighted by molar-refractivity contribution is 0.101. The lowest BCUT2D eigenvalue weighted by atomic mass is 10.2. The number of nitrogens with one attached hydrogen (secondary N) is 1. The van der Waals surface area contributed by atoms with E-state index in [2.05, 4.69) is 21.2 Å². The summed E-state index contributed by atoms with van der Waals surface area (Å²) in [5.41, 5.74) is 2.26. The van der Waals surface area contributed by atoms with Gasteiger partial charge in [0.2, 0.25) is 0 Å². The summed E-state index contributed by atoms with van der Waals surface area (Å²) in [6.45, 7) is 4.67. The number of nitrogens with zero attached hydrogens (tertiary/aromatic N) is 1. The Balaban J connectivity index is 2.27. The van der Waals surface area contributed by atoms with Crippen LogP contribution in [0.1, 0.15) is 23.0 Å². The van der Waals surface area contributed by atoms with E-state index in [1.165, 1.54) is 0 Å². The third-order valence-corrected chi connectivity index (χ3v) is 3.96. The third-order valence-electron chi connectivity index (χ3n) is 2.90. The Labute approximate surface area is 125 Å². The zero-order chi connectivity index (χ0) is 14.0. The molecule has 19 heavy (non-hydrogen) atoms. The lowest BCUT2D eigenvalue weighted by Crippen LogP contribution is -2.16. The Bertz CT molecular complexity index is 622. The molecule has 0 saturated carbocycles. The molecule has 0 aliphatic heterocycles. The smallest absolute Gasteiger partial charge is 0.272 e. The van der Waals surface area contributed by atoms with Crippen molar-refractivity contribution in [2.24, 2.45) is 0 Å². The number of hydrogen-bond acceptors (Lipinski definition) is 1. The molecule has 0 saturated heterocycles. The van der Waals surface area contributed by atoms with Gasteiger partial charge in [0, 0.05) is 22.2 Å². The number of anilines is 1. The van der Waals surface area contributed by atoms with Crippen molar-refractivity contribution in [3.63, 3.8) is 0 Å². The fourth-order valence-electron chi connectivity index (χ4n) is 1.82. The predicted octanol–water partition coefficient (Wildman–Crippen LogP) is 4.48. The molecule has 1 aromatic heterocycles. The van der Waals surface area contributed by atoms with Gasteiger partial charge in [-0.1, -0.05) is 11.6 Å². The number of aryl methyl sites for hydroxylation is 2. The summed E-state index contributed by atoms with van der Waals surface area (Å²) in [4.78, 5) is 12.2. The van der Waals surface area contributed by atoms with E-state index in [-0.39, 0.29) is 5.91 Å². The van der Waals surface area contributed by atoms with Crippen LogP contribution in [-0.2, 0) is 6.54 Å². The van der Waals surface area contributed by atoms with Crippen LogP contribution < -0.4 is 5.32 Å². The van der Waals surface area contributed by atoms with Gasteiger partial charge in [-0.05, 0) is 59.6 Å². The minimum absolute atomic E-state index is 0.146. The molecular weight excluding hydrogens is 328 g/mol. The summed E-state index contributed by atoms with van der Waals surface area (Å²) in [5.74, 6) is -0.146. The van der Waals surface area contributed by atoms with Gasteiger partial charge >= 0.3 is 0 Å². The van der Waals surface area contributed by atoms with E-state index < -0.39 is 0 Å². The highest BCUT2D eigenvalue weighted by Crippen LogP contribution is 2.29. The van der Waals surface area contributed by atoms with Gasteiger partial charge in [-0.3, -0.25) is 4.79 Å².